The zero-order valence-corrected chi connectivity index (χ0v) is 14.4. The van der Waals surface area contributed by atoms with Gasteiger partial charge in [0.2, 0.25) is 0 Å². The highest BCUT2D eigenvalue weighted by atomic mass is 79.9. The first-order valence-corrected chi connectivity index (χ1v) is 8.93. The zero-order chi connectivity index (χ0) is 15.8. The lowest BCUT2D eigenvalue weighted by Gasteiger charge is -2.18. The van der Waals surface area contributed by atoms with Gasteiger partial charge in [-0.25, -0.2) is 9.97 Å². The standard InChI is InChI=1S/C16H20BrN5O/c17-12-8-18-15(11-2-3-11)21-16(12)20-13-6-10(7-14(13)23)9-22-5-1-4-19-22/h1,4-5,8,10-11,13-14,23H,2-3,6-7,9H2,(H,18,20,21)/t10?,13-,14-/m1/s1. The van der Waals surface area contributed by atoms with E-state index in [1.54, 1.807) is 6.20 Å². The van der Waals surface area contributed by atoms with Gasteiger partial charge in [-0.2, -0.15) is 5.10 Å². The van der Waals surface area contributed by atoms with Crippen LogP contribution in [-0.4, -0.2) is 37.0 Å². The molecule has 2 fully saturated rings. The molecular weight excluding hydrogens is 358 g/mol. The van der Waals surface area contributed by atoms with Crippen molar-refractivity contribution >= 4 is 21.7 Å². The number of hydrogen-bond donors (Lipinski definition) is 2. The first-order chi connectivity index (χ1) is 11.2. The Kier molecular flexibility index (Phi) is 4.07. The van der Waals surface area contributed by atoms with Crippen molar-refractivity contribution in [2.24, 2.45) is 5.92 Å². The number of aromatic nitrogens is 4. The summed E-state index contributed by atoms with van der Waals surface area (Å²) >= 11 is 3.51. The number of rotatable bonds is 5. The lowest BCUT2D eigenvalue weighted by molar-refractivity contribution is 0.165. The minimum atomic E-state index is -0.359. The van der Waals surface area contributed by atoms with E-state index in [-0.39, 0.29) is 12.1 Å². The highest BCUT2D eigenvalue weighted by Gasteiger charge is 2.34. The Bertz CT molecular complexity index is 673. The van der Waals surface area contributed by atoms with Gasteiger partial charge >= 0.3 is 0 Å². The summed E-state index contributed by atoms with van der Waals surface area (Å²) in [5.41, 5.74) is 0. The Morgan fingerprint density at radius 2 is 2.22 bits per heavy atom. The van der Waals surface area contributed by atoms with Crippen molar-refractivity contribution < 1.29 is 5.11 Å². The predicted octanol–water partition coefficient (Wildman–Crippen LogP) is 2.56. The summed E-state index contributed by atoms with van der Waals surface area (Å²) in [4.78, 5) is 9.02. The Hall–Kier alpha value is -1.47. The van der Waals surface area contributed by atoms with Gasteiger partial charge < -0.3 is 10.4 Å². The molecule has 4 rings (SSSR count). The van der Waals surface area contributed by atoms with Crippen molar-refractivity contribution in [1.82, 2.24) is 19.7 Å². The van der Waals surface area contributed by atoms with E-state index >= 15 is 0 Å². The predicted molar refractivity (Wildman–Crippen MR) is 90.1 cm³/mol. The lowest BCUT2D eigenvalue weighted by atomic mass is 10.1. The van der Waals surface area contributed by atoms with Crippen molar-refractivity contribution in [3.8, 4) is 0 Å². The van der Waals surface area contributed by atoms with E-state index in [0.717, 1.165) is 35.5 Å². The van der Waals surface area contributed by atoms with Gasteiger partial charge in [0.25, 0.3) is 0 Å². The number of aliphatic hydroxyl groups excluding tert-OH is 1. The molecule has 2 saturated carbocycles. The third-order valence-corrected chi connectivity index (χ3v) is 5.24. The molecule has 0 aliphatic heterocycles. The van der Waals surface area contributed by atoms with E-state index in [9.17, 15) is 5.11 Å². The maximum Gasteiger partial charge on any atom is 0.144 e. The molecule has 122 valence electrons. The molecule has 0 aromatic carbocycles. The first-order valence-electron chi connectivity index (χ1n) is 8.13. The lowest BCUT2D eigenvalue weighted by Crippen LogP contribution is -2.28. The van der Waals surface area contributed by atoms with Crippen molar-refractivity contribution in [3.63, 3.8) is 0 Å². The smallest absolute Gasteiger partial charge is 0.144 e. The minimum absolute atomic E-state index is 0.0221. The number of nitrogens with zero attached hydrogens (tertiary/aromatic N) is 4. The normalized spacial score (nSPS) is 27.3. The Morgan fingerprint density at radius 1 is 1.35 bits per heavy atom. The SMILES string of the molecule is O[C@@H]1CC(Cn2cccn2)C[C@H]1Nc1nc(C2CC2)ncc1Br. The van der Waals surface area contributed by atoms with Crippen LogP contribution < -0.4 is 5.32 Å². The number of hydrogen-bond acceptors (Lipinski definition) is 5. The Labute approximate surface area is 143 Å². The van der Waals surface area contributed by atoms with Crippen molar-refractivity contribution in [2.45, 2.75) is 50.3 Å². The van der Waals surface area contributed by atoms with Crippen molar-refractivity contribution in [2.75, 3.05) is 5.32 Å². The number of halogens is 1. The van der Waals surface area contributed by atoms with Gasteiger partial charge in [0, 0.05) is 31.1 Å². The van der Waals surface area contributed by atoms with Gasteiger partial charge in [0.05, 0.1) is 16.6 Å². The van der Waals surface area contributed by atoms with E-state index in [0.29, 0.717) is 11.8 Å². The topological polar surface area (TPSA) is 75.9 Å². The molecule has 0 saturated heterocycles. The summed E-state index contributed by atoms with van der Waals surface area (Å²) in [7, 11) is 0. The fourth-order valence-corrected chi connectivity index (χ4v) is 3.60. The molecule has 3 atom stereocenters. The molecule has 2 aliphatic rings. The molecule has 2 aliphatic carbocycles. The van der Waals surface area contributed by atoms with Crippen LogP contribution in [0.4, 0.5) is 5.82 Å². The molecule has 0 spiro atoms. The van der Waals surface area contributed by atoms with Gasteiger partial charge in [-0.1, -0.05) is 0 Å². The fourth-order valence-electron chi connectivity index (χ4n) is 3.29. The van der Waals surface area contributed by atoms with Crippen LogP contribution in [0.1, 0.15) is 37.4 Å². The van der Waals surface area contributed by atoms with E-state index < -0.39 is 0 Å². The van der Waals surface area contributed by atoms with Crippen LogP contribution in [-0.2, 0) is 6.54 Å². The molecule has 0 amide bonds. The molecule has 0 radical (unpaired) electrons. The van der Waals surface area contributed by atoms with E-state index in [4.69, 9.17) is 0 Å². The molecule has 2 heterocycles. The van der Waals surface area contributed by atoms with E-state index in [1.165, 1.54) is 12.8 Å². The molecule has 2 N–H and O–H groups in total. The molecule has 2 aromatic heterocycles. The van der Waals surface area contributed by atoms with E-state index in [2.05, 4.69) is 36.3 Å². The number of aliphatic hydroxyl groups is 1. The average Bonchev–Trinajstić information content (AvgIpc) is 3.16. The molecule has 2 aromatic rings. The highest BCUT2D eigenvalue weighted by molar-refractivity contribution is 9.10. The van der Waals surface area contributed by atoms with Crippen LogP contribution in [0.5, 0.6) is 0 Å². The summed E-state index contributed by atoms with van der Waals surface area (Å²) < 4.78 is 2.79. The second-order valence-electron chi connectivity index (χ2n) is 6.58. The van der Waals surface area contributed by atoms with Crippen LogP contribution in [0.2, 0.25) is 0 Å². The Morgan fingerprint density at radius 3 is 2.96 bits per heavy atom. The summed E-state index contributed by atoms with van der Waals surface area (Å²) in [5.74, 6) is 2.65. The minimum Gasteiger partial charge on any atom is -0.391 e. The van der Waals surface area contributed by atoms with Crippen molar-refractivity contribution in [1.29, 1.82) is 0 Å². The largest absolute Gasteiger partial charge is 0.391 e. The van der Waals surface area contributed by atoms with Gasteiger partial charge in [0.1, 0.15) is 11.6 Å². The summed E-state index contributed by atoms with van der Waals surface area (Å²) in [6.07, 6.45) is 9.27. The molecule has 1 unspecified atom stereocenters. The van der Waals surface area contributed by atoms with E-state index in [1.807, 2.05) is 23.1 Å². The fraction of sp³-hybridized carbons (Fsp3) is 0.562. The summed E-state index contributed by atoms with van der Waals surface area (Å²) in [6.45, 7) is 0.848. The van der Waals surface area contributed by atoms with Crippen LogP contribution >= 0.6 is 15.9 Å². The van der Waals surface area contributed by atoms with Crippen LogP contribution in [0.3, 0.4) is 0 Å². The average molecular weight is 378 g/mol. The third kappa shape index (κ3) is 3.40. The van der Waals surface area contributed by atoms with Crippen LogP contribution in [0.25, 0.3) is 0 Å². The maximum atomic E-state index is 10.4. The first kappa shape index (κ1) is 15.1. The summed E-state index contributed by atoms with van der Waals surface area (Å²) in [6, 6.07) is 1.95. The van der Waals surface area contributed by atoms with Crippen LogP contribution in [0, 0.1) is 5.92 Å². The van der Waals surface area contributed by atoms with Gasteiger partial charge in [0.15, 0.2) is 0 Å². The molecule has 7 heteroatoms. The second kappa shape index (κ2) is 6.20. The molecule has 6 nitrogen and oxygen atoms in total. The summed E-state index contributed by atoms with van der Waals surface area (Å²) in [5, 5.41) is 18.0. The van der Waals surface area contributed by atoms with Crippen LogP contribution in [0.15, 0.2) is 29.1 Å². The van der Waals surface area contributed by atoms with Gasteiger partial charge in [-0.3, -0.25) is 4.68 Å². The Balaban J connectivity index is 1.43. The quantitative estimate of drug-likeness (QED) is 0.837. The van der Waals surface area contributed by atoms with Gasteiger partial charge in [-0.15, -0.1) is 0 Å². The second-order valence-corrected chi connectivity index (χ2v) is 7.44. The van der Waals surface area contributed by atoms with Crippen molar-refractivity contribution in [3.05, 3.63) is 35.0 Å². The van der Waals surface area contributed by atoms with Gasteiger partial charge in [-0.05, 0) is 53.6 Å². The maximum absolute atomic E-state index is 10.4. The molecule has 0 bridgehead atoms. The highest BCUT2D eigenvalue weighted by Crippen LogP contribution is 2.39. The molecular formula is C16H20BrN5O. The third-order valence-electron chi connectivity index (χ3n) is 4.66. The monoisotopic (exact) mass is 377 g/mol. The zero-order valence-electron chi connectivity index (χ0n) is 12.8. The number of anilines is 1. The molecule has 23 heavy (non-hydrogen) atoms. The number of nitrogens with one attached hydrogen (secondary N) is 1.